The zero-order chi connectivity index (χ0) is 18.8. The van der Waals surface area contributed by atoms with E-state index in [4.69, 9.17) is 0 Å². The van der Waals surface area contributed by atoms with Gasteiger partial charge in [-0.25, -0.2) is 4.79 Å². The first-order valence-corrected chi connectivity index (χ1v) is 8.54. The number of anilines is 3. The highest BCUT2D eigenvalue weighted by Gasteiger charge is 2.24. The van der Waals surface area contributed by atoms with Crippen LogP contribution >= 0.6 is 0 Å². The van der Waals surface area contributed by atoms with Crippen LogP contribution in [0.25, 0.3) is 11.6 Å². The van der Waals surface area contributed by atoms with Gasteiger partial charge in [0.15, 0.2) is 0 Å². The third-order valence-electron chi connectivity index (χ3n) is 4.29. The molecule has 3 aromatic rings. The fraction of sp³-hybridized carbons (Fsp3) is 0.0476. The molecule has 0 spiro atoms. The molecule has 6 heteroatoms. The Morgan fingerprint density at radius 2 is 1.74 bits per heavy atom. The van der Waals surface area contributed by atoms with Crippen LogP contribution in [-0.4, -0.2) is 16.9 Å². The van der Waals surface area contributed by atoms with E-state index in [9.17, 15) is 9.59 Å². The number of nitrogens with one attached hydrogen (secondary N) is 4. The Hall–Kier alpha value is -3.80. The van der Waals surface area contributed by atoms with Gasteiger partial charge in [-0.2, -0.15) is 0 Å². The number of hydrogen-bond donors (Lipinski definition) is 4. The van der Waals surface area contributed by atoms with E-state index in [0.29, 0.717) is 22.6 Å². The van der Waals surface area contributed by atoms with E-state index in [1.54, 1.807) is 24.4 Å². The van der Waals surface area contributed by atoms with E-state index in [-0.39, 0.29) is 11.9 Å². The number of benzene rings is 2. The van der Waals surface area contributed by atoms with Crippen molar-refractivity contribution in [2.75, 3.05) is 16.0 Å². The molecular formula is C21H18N4O2. The average molecular weight is 358 g/mol. The molecule has 0 atom stereocenters. The minimum atomic E-state index is -0.342. The summed E-state index contributed by atoms with van der Waals surface area (Å²) in [5, 5.41) is 8.40. The second-order valence-electron chi connectivity index (χ2n) is 6.34. The third-order valence-corrected chi connectivity index (χ3v) is 4.29. The fourth-order valence-corrected chi connectivity index (χ4v) is 2.94. The van der Waals surface area contributed by atoms with E-state index >= 15 is 0 Å². The van der Waals surface area contributed by atoms with Crippen LogP contribution in [-0.2, 0) is 4.79 Å². The van der Waals surface area contributed by atoms with E-state index in [0.717, 1.165) is 16.8 Å². The molecule has 3 amide bonds. The van der Waals surface area contributed by atoms with Crippen LogP contribution in [0.1, 0.15) is 16.8 Å². The van der Waals surface area contributed by atoms with Crippen LogP contribution < -0.4 is 16.0 Å². The van der Waals surface area contributed by atoms with Crippen molar-refractivity contribution < 1.29 is 9.59 Å². The summed E-state index contributed by atoms with van der Waals surface area (Å²) in [4.78, 5) is 27.5. The zero-order valence-corrected chi connectivity index (χ0v) is 14.7. The molecule has 0 aliphatic carbocycles. The molecule has 0 bridgehead atoms. The number of aromatic amines is 1. The monoisotopic (exact) mass is 358 g/mol. The minimum Gasteiger partial charge on any atom is -0.362 e. The van der Waals surface area contributed by atoms with E-state index < -0.39 is 0 Å². The summed E-state index contributed by atoms with van der Waals surface area (Å²) < 4.78 is 0. The molecule has 0 unspecified atom stereocenters. The molecule has 2 aromatic carbocycles. The molecule has 0 fully saturated rings. The molecule has 1 aliphatic heterocycles. The van der Waals surface area contributed by atoms with Crippen molar-refractivity contribution in [2.45, 2.75) is 6.92 Å². The maximum Gasteiger partial charge on any atom is 0.323 e. The van der Waals surface area contributed by atoms with E-state index in [1.165, 1.54) is 0 Å². The van der Waals surface area contributed by atoms with Crippen molar-refractivity contribution in [3.8, 4) is 0 Å². The quantitative estimate of drug-likeness (QED) is 0.521. The van der Waals surface area contributed by atoms with Gasteiger partial charge in [0.05, 0.1) is 11.3 Å². The molecule has 1 aliphatic rings. The lowest BCUT2D eigenvalue weighted by molar-refractivity contribution is -0.110. The normalized spacial score (nSPS) is 14.0. The molecular weight excluding hydrogens is 340 g/mol. The smallest absolute Gasteiger partial charge is 0.323 e. The Balaban J connectivity index is 1.50. The number of hydrogen-bond acceptors (Lipinski definition) is 2. The van der Waals surface area contributed by atoms with Gasteiger partial charge in [-0.05, 0) is 49.4 Å². The fourth-order valence-electron chi connectivity index (χ4n) is 2.94. The lowest BCUT2D eigenvalue weighted by atomic mass is 10.1. The van der Waals surface area contributed by atoms with Crippen LogP contribution in [0.5, 0.6) is 0 Å². The Morgan fingerprint density at radius 3 is 2.48 bits per heavy atom. The predicted molar refractivity (Wildman–Crippen MR) is 108 cm³/mol. The molecule has 27 heavy (non-hydrogen) atoms. The highest BCUT2D eigenvalue weighted by atomic mass is 16.2. The van der Waals surface area contributed by atoms with Crippen molar-refractivity contribution in [3.63, 3.8) is 0 Å². The summed E-state index contributed by atoms with van der Waals surface area (Å²) in [6.45, 7) is 1.99. The number of carbonyl (C=O) groups excluding carboxylic acids is 2. The Labute approximate surface area is 156 Å². The van der Waals surface area contributed by atoms with E-state index in [1.807, 2.05) is 49.4 Å². The average Bonchev–Trinajstić information content (AvgIpc) is 3.25. The van der Waals surface area contributed by atoms with Gasteiger partial charge in [0.25, 0.3) is 5.91 Å². The van der Waals surface area contributed by atoms with Crippen LogP contribution in [0.4, 0.5) is 21.9 Å². The number of aryl methyl sites for hydroxylation is 1. The summed E-state index contributed by atoms with van der Waals surface area (Å²) in [6.07, 6.45) is 3.61. The number of aromatic nitrogens is 1. The first-order valence-electron chi connectivity index (χ1n) is 8.54. The third kappa shape index (κ3) is 3.59. The number of amides is 3. The van der Waals surface area contributed by atoms with Crippen LogP contribution in [0.3, 0.4) is 0 Å². The van der Waals surface area contributed by atoms with Crippen molar-refractivity contribution in [1.29, 1.82) is 0 Å². The van der Waals surface area contributed by atoms with Crippen molar-refractivity contribution in [3.05, 3.63) is 77.6 Å². The first-order chi connectivity index (χ1) is 13.1. The van der Waals surface area contributed by atoms with Crippen molar-refractivity contribution in [1.82, 2.24) is 4.98 Å². The highest BCUT2D eigenvalue weighted by molar-refractivity contribution is 6.35. The Kier molecular flexibility index (Phi) is 4.22. The molecule has 134 valence electrons. The van der Waals surface area contributed by atoms with Gasteiger partial charge in [-0.3, -0.25) is 4.79 Å². The summed E-state index contributed by atoms with van der Waals surface area (Å²) >= 11 is 0. The molecule has 4 rings (SSSR count). The number of H-pyrrole nitrogens is 1. The molecule has 4 N–H and O–H groups in total. The SMILES string of the molecule is Cc1ccc(NC(=O)Nc2ccc3c(c2)NC(=O)/C3=C\c2ccc[nH]2)cc1. The number of carbonyl (C=O) groups is 2. The Morgan fingerprint density at radius 1 is 1.00 bits per heavy atom. The van der Waals surface area contributed by atoms with Crippen LogP contribution in [0.15, 0.2) is 60.8 Å². The second-order valence-corrected chi connectivity index (χ2v) is 6.34. The lowest BCUT2D eigenvalue weighted by Crippen LogP contribution is -2.19. The first kappa shape index (κ1) is 16.7. The number of urea groups is 1. The second kappa shape index (κ2) is 6.84. The topological polar surface area (TPSA) is 86.0 Å². The molecule has 2 heterocycles. The molecule has 0 saturated heterocycles. The maximum atomic E-state index is 12.3. The van der Waals surface area contributed by atoms with Gasteiger partial charge in [0.2, 0.25) is 0 Å². The molecule has 6 nitrogen and oxygen atoms in total. The lowest BCUT2D eigenvalue weighted by Gasteiger charge is -2.09. The van der Waals surface area contributed by atoms with Gasteiger partial charge in [0, 0.05) is 28.8 Å². The summed E-state index contributed by atoms with van der Waals surface area (Å²) in [6, 6.07) is 16.3. The van der Waals surface area contributed by atoms with Gasteiger partial charge in [0.1, 0.15) is 0 Å². The van der Waals surface area contributed by atoms with Gasteiger partial charge in [-0.15, -0.1) is 0 Å². The van der Waals surface area contributed by atoms with Gasteiger partial charge in [-0.1, -0.05) is 23.8 Å². The highest BCUT2D eigenvalue weighted by Crippen LogP contribution is 2.34. The summed E-state index contributed by atoms with van der Waals surface area (Å²) in [5.41, 5.74) is 5.35. The number of fused-ring (bicyclic) bond motifs is 1. The zero-order valence-electron chi connectivity index (χ0n) is 14.7. The largest absolute Gasteiger partial charge is 0.362 e. The molecule has 1 aromatic heterocycles. The maximum absolute atomic E-state index is 12.3. The predicted octanol–water partition coefficient (Wildman–Crippen LogP) is 4.46. The van der Waals surface area contributed by atoms with E-state index in [2.05, 4.69) is 20.9 Å². The molecule has 0 saturated carbocycles. The van der Waals surface area contributed by atoms with Crippen molar-refractivity contribution >= 4 is 40.6 Å². The van der Waals surface area contributed by atoms with Gasteiger partial charge < -0.3 is 20.9 Å². The minimum absolute atomic E-state index is 0.166. The van der Waals surface area contributed by atoms with Crippen LogP contribution in [0.2, 0.25) is 0 Å². The summed E-state index contributed by atoms with van der Waals surface area (Å²) in [5.74, 6) is -0.166. The standard InChI is InChI=1S/C21H18N4O2/c1-13-4-6-14(7-5-13)23-21(27)24-16-8-9-17-18(11-15-3-2-10-22-15)20(26)25-19(17)12-16/h2-12,22H,1H3,(H,25,26)(H2,23,24,27)/b18-11-. The number of rotatable bonds is 3. The van der Waals surface area contributed by atoms with Crippen molar-refractivity contribution in [2.24, 2.45) is 0 Å². The molecule has 0 radical (unpaired) electrons. The Bertz CT molecular complexity index is 1030. The van der Waals surface area contributed by atoms with Gasteiger partial charge >= 0.3 is 6.03 Å². The summed E-state index contributed by atoms with van der Waals surface area (Å²) in [7, 11) is 0. The van der Waals surface area contributed by atoms with Crippen LogP contribution in [0, 0.1) is 6.92 Å².